The third-order valence-electron chi connectivity index (χ3n) is 5.93. The highest BCUT2D eigenvalue weighted by Gasteiger charge is 2.31. The summed E-state index contributed by atoms with van der Waals surface area (Å²) in [5.41, 5.74) is 5.40. The van der Waals surface area contributed by atoms with Gasteiger partial charge >= 0.3 is 5.69 Å². The average molecular weight is 409 g/mol. The van der Waals surface area contributed by atoms with Crippen molar-refractivity contribution < 1.29 is 14.2 Å². The minimum atomic E-state index is -0.100. The van der Waals surface area contributed by atoms with Gasteiger partial charge < -0.3 is 19.5 Å². The van der Waals surface area contributed by atoms with Gasteiger partial charge in [-0.25, -0.2) is 9.78 Å². The molecule has 1 atom stereocenters. The first-order valence-corrected chi connectivity index (χ1v) is 9.76. The maximum Gasteiger partial charge on any atom is 0.330 e. The van der Waals surface area contributed by atoms with E-state index in [0.29, 0.717) is 29.5 Å². The third kappa shape index (κ3) is 2.77. The van der Waals surface area contributed by atoms with Crippen molar-refractivity contribution in [3.05, 3.63) is 45.5 Å². The van der Waals surface area contributed by atoms with Crippen LogP contribution < -0.4 is 20.5 Å². The summed E-state index contributed by atoms with van der Waals surface area (Å²) < 4.78 is 19.5. The van der Waals surface area contributed by atoms with Crippen molar-refractivity contribution >= 4 is 22.8 Å². The molecule has 156 valence electrons. The van der Waals surface area contributed by atoms with Crippen molar-refractivity contribution in [3.63, 3.8) is 0 Å². The lowest BCUT2D eigenvalue weighted by Gasteiger charge is -2.32. The van der Waals surface area contributed by atoms with E-state index in [2.05, 4.69) is 15.3 Å². The van der Waals surface area contributed by atoms with Gasteiger partial charge in [0.05, 0.1) is 18.8 Å². The van der Waals surface area contributed by atoms with Crippen LogP contribution in [0.1, 0.15) is 24.9 Å². The molecule has 3 heterocycles. The van der Waals surface area contributed by atoms with Crippen molar-refractivity contribution in [1.29, 1.82) is 0 Å². The topological polar surface area (TPSA) is 92.4 Å². The summed E-state index contributed by atoms with van der Waals surface area (Å²) in [6, 6.07) is 3.78. The molecule has 9 heteroatoms. The van der Waals surface area contributed by atoms with Crippen LogP contribution in [-0.2, 0) is 11.8 Å². The summed E-state index contributed by atoms with van der Waals surface area (Å²) >= 11 is 0. The minimum Gasteiger partial charge on any atom is -0.454 e. The number of imidazole rings is 1. The summed E-state index contributed by atoms with van der Waals surface area (Å²) in [4.78, 5) is 22.0. The predicted octanol–water partition coefficient (Wildman–Crippen LogP) is 2.82. The van der Waals surface area contributed by atoms with Gasteiger partial charge in [0.25, 0.3) is 0 Å². The first kappa shape index (κ1) is 18.7. The molecule has 2 aliphatic rings. The number of rotatable bonds is 5. The van der Waals surface area contributed by atoms with Crippen molar-refractivity contribution in [2.24, 2.45) is 7.05 Å². The summed E-state index contributed by atoms with van der Waals surface area (Å²) in [5.74, 6) is 1.83. The number of allylic oxidation sites excluding steroid dienone is 1. The molecule has 0 bridgehead atoms. The quantitative estimate of drug-likeness (QED) is 0.648. The number of benzene rings is 1. The molecule has 9 nitrogen and oxygen atoms in total. The van der Waals surface area contributed by atoms with E-state index >= 15 is 0 Å². The Kier molecular flexibility index (Phi) is 4.28. The number of aromatic nitrogens is 4. The molecule has 1 aliphatic carbocycles. The maximum atomic E-state index is 12.9. The Morgan fingerprint density at radius 2 is 2.03 bits per heavy atom. The normalized spacial score (nSPS) is 17.5. The molecule has 0 saturated heterocycles. The average Bonchev–Trinajstić information content (AvgIpc) is 3.28. The molecular weight excluding hydrogens is 386 g/mol. The summed E-state index contributed by atoms with van der Waals surface area (Å²) in [6.07, 6.45) is 2.46. The number of fused-ring (bicyclic) bond motifs is 2. The number of anilines is 2. The Bertz CT molecular complexity index is 1260. The van der Waals surface area contributed by atoms with Crippen LogP contribution in [0.4, 0.5) is 11.6 Å². The van der Waals surface area contributed by atoms with Gasteiger partial charge in [-0.1, -0.05) is 0 Å². The van der Waals surface area contributed by atoms with E-state index in [4.69, 9.17) is 14.2 Å². The number of methoxy groups -OCH3 is 1. The number of aryl methyl sites for hydroxylation is 2. The number of ether oxygens (including phenoxy) is 3. The second-order valence-corrected chi connectivity index (χ2v) is 7.70. The number of nitrogens with one attached hydrogen (secondary N) is 1. The lowest BCUT2D eigenvalue weighted by atomic mass is 9.84. The molecule has 5 rings (SSSR count). The summed E-state index contributed by atoms with van der Waals surface area (Å²) in [5, 5.41) is 3.25. The molecular formula is C21H23N5O4. The van der Waals surface area contributed by atoms with E-state index in [0.717, 1.165) is 29.0 Å². The van der Waals surface area contributed by atoms with E-state index < -0.39 is 0 Å². The largest absolute Gasteiger partial charge is 0.454 e. The van der Waals surface area contributed by atoms with Crippen LogP contribution in [0.3, 0.4) is 0 Å². The van der Waals surface area contributed by atoms with Gasteiger partial charge in [-0.05, 0) is 43.0 Å². The second kappa shape index (κ2) is 6.88. The molecule has 3 aromatic rings. The van der Waals surface area contributed by atoms with Crippen LogP contribution in [0, 0.1) is 6.92 Å². The third-order valence-corrected chi connectivity index (χ3v) is 5.93. The fourth-order valence-corrected chi connectivity index (χ4v) is 4.06. The molecule has 0 saturated carbocycles. The molecule has 0 fully saturated rings. The highest BCUT2D eigenvalue weighted by molar-refractivity contribution is 5.74. The van der Waals surface area contributed by atoms with Gasteiger partial charge in [0, 0.05) is 25.9 Å². The highest BCUT2D eigenvalue weighted by Crippen LogP contribution is 2.40. The van der Waals surface area contributed by atoms with Gasteiger partial charge in [-0.2, -0.15) is 4.98 Å². The predicted molar refractivity (Wildman–Crippen MR) is 112 cm³/mol. The first-order valence-electron chi connectivity index (χ1n) is 9.76. The summed E-state index contributed by atoms with van der Waals surface area (Å²) in [7, 11) is 3.42. The van der Waals surface area contributed by atoms with Gasteiger partial charge in [0.1, 0.15) is 5.52 Å². The van der Waals surface area contributed by atoms with Crippen LogP contribution in [0.15, 0.2) is 34.3 Å². The van der Waals surface area contributed by atoms with Gasteiger partial charge in [-0.15, -0.1) is 0 Å². The van der Waals surface area contributed by atoms with E-state index in [-0.39, 0.29) is 18.5 Å². The molecule has 0 spiro atoms. The molecule has 30 heavy (non-hydrogen) atoms. The zero-order valence-corrected chi connectivity index (χ0v) is 17.4. The van der Waals surface area contributed by atoms with Crippen LogP contribution in [0.2, 0.25) is 0 Å². The highest BCUT2D eigenvalue weighted by atomic mass is 16.7. The van der Waals surface area contributed by atoms with E-state index in [9.17, 15) is 4.79 Å². The van der Waals surface area contributed by atoms with Crippen molar-refractivity contribution in [2.45, 2.75) is 26.3 Å². The maximum absolute atomic E-state index is 12.9. The zero-order valence-electron chi connectivity index (χ0n) is 17.4. The Labute approximate surface area is 172 Å². The first-order chi connectivity index (χ1) is 14.5. The standard InChI is InChI=1S/C21H23N5O4/c1-11-5-17-18(30-10-29-17)7-14(11)23-20-22-8-16-19(24-20)26(21(27)25(16)3)15-6-13(9-28-4)12(15)2/h5,7-8,15H,6,9-10H2,1-4H3,(H,22,23,24). The Morgan fingerprint density at radius 1 is 1.27 bits per heavy atom. The molecule has 1 N–H and O–H groups in total. The fraction of sp³-hybridized carbons (Fsp3) is 0.381. The number of hydrogen-bond donors (Lipinski definition) is 1. The van der Waals surface area contributed by atoms with Crippen LogP contribution >= 0.6 is 0 Å². The molecule has 0 amide bonds. The lowest BCUT2D eigenvalue weighted by molar-refractivity contribution is 0.174. The zero-order chi connectivity index (χ0) is 21.0. The second-order valence-electron chi connectivity index (χ2n) is 7.70. The van der Waals surface area contributed by atoms with Gasteiger partial charge in [-0.3, -0.25) is 9.13 Å². The van der Waals surface area contributed by atoms with E-state index in [1.165, 1.54) is 5.57 Å². The van der Waals surface area contributed by atoms with Crippen molar-refractivity contribution in [2.75, 3.05) is 25.8 Å². The smallest absolute Gasteiger partial charge is 0.330 e. The molecule has 1 aliphatic heterocycles. The van der Waals surface area contributed by atoms with Crippen LogP contribution in [-0.4, -0.2) is 39.6 Å². The summed E-state index contributed by atoms with van der Waals surface area (Å²) in [6.45, 7) is 4.83. The Balaban J connectivity index is 1.54. The lowest BCUT2D eigenvalue weighted by Crippen LogP contribution is -2.32. The Hall–Kier alpha value is -3.33. The SMILES string of the molecule is COCC1=C(C)C(n2c(=O)n(C)c3cnc(Nc4cc5c(cc4C)OCO5)nc32)C1. The van der Waals surface area contributed by atoms with Gasteiger partial charge in [0.15, 0.2) is 17.1 Å². The molecule has 1 unspecified atom stereocenters. The molecule has 1 aromatic carbocycles. The van der Waals surface area contributed by atoms with Crippen LogP contribution in [0.5, 0.6) is 11.5 Å². The number of nitrogens with zero attached hydrogens (tertiary/aromatic N) is 4. The number of hydrogen-bond acceptors (Lipinski definition) is 7. The van der Waals surface area contributed by atoms with Crippen molar-refractivity contribution in [1.82, 2.24) is 19.1 Å². The minimum absolute atomic E-state index is 0.0126. The monoisotopic (exact) mass is 409 g/mol. The fourth-order valence-electron chi connectivity index (χ4n) is 4.06. The van der Waals surface area contributed by atoms with E-state index in [1.54, 1.807) is 29.5 Å². The van der Waals surface area contributed by atoms with Gasteiger partial charge in [0.2, 0.25) is 12.7 Å². The molecule has 2 aromatic heterocycles. The van der Waals surface area contributed by atoms with Crippen molar-refractivity contribution in [3.8, 4) is 11.5 Å². The molecule has 0 radical (unpaired) electrons. The van der Waals surface area contributed by atoms with Crippen LogP contribution in [0.25, 0.3) is 11.2 Å². The van der Waals surface area contributed by atoms with E-state index in [1.807, 2.05) is 26.0 Å². The Morgan fingerprint density at radius 3 is 2.77 bits per heavy atom.